The molecule has 0 aromatic heterocycles. The van der Waals surface area contributed by atoms with Crippen molar-refractivity contribution in [3.63, 3.8) is 0 Å². The molecule has 0 spiro atoms. The molecule has 3 aliphatic heterocycles. The molecular weight excluding hydrogens is 398 g/mol. The van der Waals surface area contributed by atoms with Gasteiger partial charge in [0.2, 0.25) is 0 Å². The van der Waals surface area contributed by atoms with Crippen molar-refractivity contribution < 1.29 is 24.2 Å². The normalized spacial score (nSPS) is 25.2. The fourth-order valence-electron chi connectivity index (χ4n) is 3.87. The largest absolute Gasteiger partial charge is 0.477 e. The zero-order chi connectivity index (χ0) is 21.0. The number of hydrogen-bond donors (Lipinski definition) is 3. The van der Waals surface area contributed by atoms with Crippen LogP contribution in [-0.4, -0.2) is 82.6 Å². The Kier molecular flexibility index (Phi) is 7.01. The maximum atomic E-state index is 12.6. The molecule has 0 aromatic carbocycles. The minimum Gasteiger partial charge on any atom is -0.477 e. The van der Waals surface area contributed by atoms with Crippen molar-refractivity contribution in [3.05, 3.63) is 11.3 Å². The van der Waals surface area contributed by atoms with E-state index in [1.54, 1.807) is 6.34 Å². The molecule has 5 N–H and O–H groups in total. The standard InChI is InChI=1S/C18H27N5O5S/c19-5-1-2-11-3-6-22(7-4-11)10-21-13-15(24)23-14(17(25)26)12(8-28-18(20)27)9-29-16(13)23/h10-11,13,16H,1-9,19H2,(H2,20,27)(H,25,26)/t13?,16-/m1/s1. The van der Waals surface area contributed by atoms with E-state index in [0.717, 1.165) is 45.3 Å². The van der Waals surface area contributed by atoms with E-state index in [0.29, 0.717) is 17.2 Å². The highest BCUT2D eigenvalue weighted by molar-refractivity contribution is 8.00. The van der Waals surface area contributed by atoms with Crippen LogP contribution in [0.4, 0.5) is 4.79 Å². The number of carbonyl (C=O) groups excluding carboxylic acids is 2. The quantitative estimate of drug-likeness (QED) is 0.283. The molecule has 29 heavy (non-hydrogen) atoms. The van der Waals surface area contributed by atoms with E-state index in [4.69, 9.17) is 16.2 Å². The average molecular weight is 426 g/mol. The van der Waals surface area contributed by atoms with Crippen LogP contribution in [-0.2, 0) is 14.3 Å². The number of aliphatic carboxylic acids is 1. The first-order chi connectivity index (χ1) is 13.9. The molecule has 0 radical (unpaired) electrons. The Morgan fingerprint density at radius 3 is 2.69 bits per heavy atom. The van der Waals surface area contributed by atoms with Gasteiger partial charge >= 0.3 is 12.1 Å². The highest BCUT2D eigenvalue weighted by Gasteiger charge is 2.53. The summed E-state index contributed by atoms with van der Waals surface area (Å²) in [6.07, 6.45) is 5.13. The Balaban J connectivity index is 1.59. The van der Waals surface area contributed by atoms with Crippen LogP contribution in [0.3, 0.4) is 0 Å². The van der Waals surface area contributed by atoms with E-state index >= 15 is 0 Å². The van der Waals surface area contributed by atoms with Crippen molar-refractivity contribution in [1.82, 2.24) is 9.80 Å². The number of fused-ring (bicyclic) bond motifs is 1. The lowest BCUT2D eigenvalue weighted by Crippen LogP contribution is -2.64. The second-order valence-electron chi connectivity index (χ2n) is 7.39. The Bertz CT molecular complexity index is 719. The van der Waals surface area contributed by atoms with E-state index in [2.05, 4.69) is 9.89 Å². The number of carboxylic acids is 1. The lowest BCUT2D eigenvalue weighted by Gasteiger charge is -2.47. The van der Waals surface area contributed by atoms with E-state index in [1.165, 1.54) is 16.7 Å². The van der Waals surface area contributed by atoms with Crippen molar-refractivity contribution in [2.75, 3.05) is 32.0 Å². The summed E-state index contributed by atoms with van der Waals surface area (Å²) in [6.45, 7) is 2.28. The van der Waals surface area contributed by atoms with Gasteiger partial charge in [-0.1, -0.05) is 0 Å². The van der Waals surface area contributed by atoms with Crippen LogP contribution >= 0.6 is 11.8 Å². The summed E-state index contributed by atoms with van der Waals surface area (Å²) in [4.78, 5) is 42.9. The number of amides is 2. The smallest absolute Gasteiger partial charge is 0.404 e. The zero-order valence-electron chi connectivity index (χ0n) is 16.2. The van der Waals surface area contributed by atoms with Gasteiger partial charge in [0.25, 0.3) is 5.91 Å². The molecule has 2 atom stereocenters. The molecule has 3 rings (SSSR count). The maximum Gasteiger partial charge on any atom is 0.404 e. The number of aliphatic imine (C=N–C) groups is 1. The zero-order valence-corrected chi connectivity index (χ0v) is 17.0. The molecule has 2 fully saturated rings. The van der Waals surface area contributed by atoms with Gasteiger partial charge in [-0.15, -0.1) is 11.8 Å². The van der Waals surface area contributed by atoms with E-state index < -0.39 is 18.1 Å². The number of rotatable bonds is 8. The topological polar surface area (TPSA) is 152 Å². The van der Waals surface area contributed by atoms with Gasteiger partial charge in [-0.3, -0.25) is 14.7 Å². The van der Waals surface area contributed by atoms with E-state index in [9.17, 15) is 19.5 Å². The SMILES string of the molecule is NCCCC1CCN(C=NC2C(=O)N3C(C(=O)O)=C(COC(N)=O)CS[C@H]23)CC1. The molecule has 0 bridgehead atoms. The second-order valence-corrected chi connectivity index (χ2v) is 8.50. The number of carbonyl (C=O) groups is 3. The lowest BCUT2D eigenvalue weighted by atomic mass is 9.92. The third-order valence-electron chi connectivity index (χ3n) is 5.47. The van der Waals surface area contributed by atoms with Crippen LogP contribution in [0.25, 0.3) is 0 Å². The molecule has 3 heterocycles. The average Bonchev–Trinajstić information content (AvgIpc) is 2.70. The van der Waals surface area contributed by atoms with Gasteiger partial charge in [0.15, 0.2) is 6.04 Å². The molecule has 0 aliphatic carbocycles. The molecule has 1 unspecified atom stereocenters. The predicted octanol–water partition coefficient (Wildman–Crippen LogP) is 0.183. The molecule has 160 valence electrons. The number of ether oxygens (including phenoxy) is 1. The first-order valence-corrected chi connectivity index (χ1v) is 10.8. The summed E-state index contributed by atoms with van der Waals surface area (Å²) in [5.41, 5.74) is 10.7. The van der Waals surface area contributed by atoms with Crippen LogP contribution in [0.2, 0.25) is 0 Å². The van der Waals surface area contributed by atoms with Gasteiger partial charge in [-0.05, 0) is 38.1 Å². The van der Waals surface area contributed by atoms with E-state index in [-0.39, 0.29) is 23.6 Å². The summed E-state index contributed by atoms with van der Waals surface area (Å²) in [5, 5.41) is 9.18. The van der Waals surface area contributed by atoms with Gasteiger partial charge in [0.05, 0.1) is 6.34 Å². The minimum atomic E-state index is -1.23. The van der Waals surface area contributed by atoms with Crippen molar-refractivity contribution in [1.29, 1.82) is 0 Å². The molecule has 0 saturated carbocycles. The van der Waals surface area contributed by atoms with Crippen molar-refractivity contribution in [2.24, 2.45) is 22.4 Å². The molecule has 10 nitrogen and oxygen atoms in total. The third kappa shape index (κ3) is 4.84. The van der Waals surface area contributed by atoms with Gasteiger partial charge in [0.1, 0.15) is 17.7 Å². The first-order valence-electron chi connectivity index (χ1n) is 9.72. The highest BCUT2D eigenvalue weighted by Crippen LogP contribution is 2.41. The number of nitrogens with zero attached hydrogens (tertiary/aromatic N) is 3. The van der Waals surface area contributed by atoms with Crippen LogP contribution in [0, 0.1) is 5.92 Å². The van der Waals surface area contributed by atoms with Crippen molar-refractivity contribution in [3.8, 4) is 0 Å². The number of thioether (sulfide) groups is 1. The Morgan fingerprint density at radius 1 is 1.34 bits per heavy atom. The summed E-state index contributed by atoms with van der Waals surface area (Å²) in [6, 6.07) is -0.595. The fraction of sp³-hybridized carbons (Fsp3) is 0.667. The van der Waals surface area contributed by atoms with Gasteiger partial charge < -0.3 is 26.2 Å². The predicted molar refractivity (Wildman–Crippen MR) is 108 cm³/mol. The minimum absolute atomic E-state index is 0.132. The number of nitrogens with two attached hydrogens (primary N) is 2. The monoisotopic (exact) mass is 425 g/mol. The Labute approximate surface area is 173 Å². The first kappa shape index (κ1) is 21.4. The highest BCUT2D eigenvalue weighted by atomic mass is 32.2. The fourth-order valence-corrected chi connectivity index (χ4v) is 5.19. The molecule has 2 saturated heterocycles. The maximum absolute atomic E-state index is 12.6. The van der Waals surface area contributed by atoms with Gasteiger partial charge in [0, 0.05) is 24.4 Å². The third-order valence-corrected chi connectivity index (χ3v) is 6.79. The molecular formula is C18H27N5O5S. The van der Waals surface area contributed by atoms with Crippen molar-refractivity contribution in [2.45, 2.75) is 37.1 Å². The van der Waals surface area contributed by atoms with Gasteiger partial charge in [-0.2, -0.15) is 0 Å². The summed E-state index contributed by atoms with van der Waals surface area (Å²) >= 11 is 1.41. The Morgan fingerprint density at radius 2 is 2.07 bits per heavy atom. The van der Waals surface area contributed by atoms with Crippen LogP contribution in [0.1, 0.15) is 25.7 Å². The molecule has 11 heteroatoms. The molecule has 0 aromatic rings. The van der Waals surface area contributed by atoms with E-state index in [1.807, 2.05) is 0 Å². The number of carboxylic acid groups (broad SMARTS) is 1. The molecule has 3 aliphatic rings. The van der Waals surface area contributed by atoms with Crippen LogP contribution in [0.15, 0.2) is 16.3 Å². The molecule has 2 amide bonds. The van der Waals surface area contributed by atoms with Crippen molar-refractivity contribution >= 4 is 36.1 Å². The van der Waals surface area contributed by atoms with Crippen LogP contribution < -0.4 is 11.5 Å². The van der Waals surface area contributed by atoms with Gasteiger partial charge in [-0.25, -0.2) is 9.59 Å². The summed E-state index contributed by atoms with van der Waals surface area (Å²) in [5.74, 6) is -0.553. The number of likely N-dealkylation sites (tertiary alicyclic amines) is 1. The second kappa shape index (κ2) is 9.49. The summed E-state index contributed by atoms with van der Waals surface area (Å²) in [7, 11) is 0. The lowest BCUT2D eigenvalue weighted by molar-refractivity contribution is -0.147. The summed E-state index contributed by atoms with van der Waals surface area (Å²) < 4.78 is 4.71. The number of piperidine rings is 1. The Hall–Kier alpha value is -2.27. The van der Waals surface area contributed by atoms with Crippen LogP contribution in [0.5, 0.6) is 0 Å². The number of primary amides is 1. The number of β-lactam (4-membered cyclic amide) rings is 1. The number of hydrogen-bond acceptors (Lipinski definition) is 7.